The Labute approximate surface area is 155 Å². The number of fused-ring (bicyclic) bond motifs is 2. The Hall–Kier alpha value is -2.84. The van der Waals surface area contributed by atoms with E-state index in [2.05, 4.69) is 0 Å². The molecule has 2 aromatic carbocycles. The van der Waals surface area contributed by atoms with Crippen LogP contribution in [0.1, 0.15) is 0 Å². The van der Waals surface area contributed by atoms with E-state index in [0.717, 1.165) is 0 Å². The van der Waals surface area contributed by atoms with Gasteiger partial charge in [-0.25, -0.2) is 0 Å². The monoisotopic (exact) mass is 396 g/mol. The van der Waals surface area contributed by atoms with Crippen molar-refractivity contribution in [3.8, 4) is 11.5 Å². The van der Waals surface area contributed by atoms with Crippen LogP contribution in [0.25, 0.3) is 22.1 Å². The molecule has 3 rings (SSSR count). The Morgan fingerprint density at radius 1 is 1.00 bits per heavy atom. The van der Waals surface area contributed by atoms with Gasteiger partial charge in [-0.15, -0.1) is 23.2 Å². The topological polar surface area (TPSA) is 104 Å². The molecule has 0 N–H and O–H groups in total. The zero-order chi connectivity index (χ0) is 18.8. The Bertz CT molecular complexity index is 1100. The summed E-state index contributed by atoms with van der Waals surface area (Å²) in [6.45, 7) is 0. The molecule has 1 heterocycles. The van der Waals surface area contributed by atoms with E-state index in [1.165, 1.54) is 36.4 Å². The highest BCUT2D eigenvalue weighted by Crippen LogP contribution is 2.29. The number of carbonyl (C=O) groups is 2. The zero-order valence-electron chi connectivity index (χ0n) is 13.0. The van der Waals surface area contributed by atoms with Crippen LogP contribution in [-0.2, 0) is 9.59 Å². The Morgan fingerprint density at radius 2 is 1.58 bits per heavy atom. The molecule has 0 unspecified atom stereocenters. The minimum atomic E-state index is -0.776. The molecule has 0 spiro atoms. The lowest BCUT2D eigenvalue weighted by Gasteiger charge is -2.17. The molecule has 0 aliphatic carbocycles. The molecule has 1 aromatic heterocycles. The number of benzene rings is 2. The summed E-state index contributed by atoms with van der Waals surface area (Å²) in [5.74, 6) is -2.61. The fraction of sp³-hybridized carbons (Fsp3) is 0.125. The first-order valence-electron chi connectivity index (χ1n) is 7.21. The summed E-state index contributed by atoms with van der Waals surface area (Å²) in [4.78, 5) is 35.8. The molecule has 0 aliphatic heterocycles. The summed E-state index contributed by atoms with van der Waals surface area (Å²) in [7, 11) is 0. The SMILES string of the molecule is O=C(CCl)Oc1cccc2c1n([O-])c1cccc(OC(=O)CCl)c1[n+]2=O. The molecular weight excluding hydrogens is 387 g/mol. The minimum Gasteiger partial charge on any atom is -0.805 e. The van der Waals surface area contributed by atoms with Gasteiger partial charge in [0.15, 0.2) is 11.3 Å². The van der Waals surface area contributed by atoms with E-state index in [1.807, 2.05) is 0 Å². The summed E-state index contributed by atoms with van der Waals surface area (Å²) >= 11 is 10.8. The molecule has 10 heteroatoms. The number of hydrogen-bond donors (Lipinski definition) is 0. The van der Waals surface area contributed by atoms with Crippen LogP contribution in [0, 0.1) is 10.1 Å². The third kappa shape index (κ3) is 3.04. The van der Waals surface area contributed by atoms with Crippen molar-refractivity contribution >= 4 is 57.2 Å². The Balaban J connectivity index is 2.36. The van der Waals surface area contributed by atoms with Gasteiger partial charge in [0, 0.05) is 11.0 Å². The molecule has 8 nitrogen and oxygen atoms in total. The van der Waals surface area contributed by atoms with Gasteiger partial charge in [-0.3, -0.25) is 9.59 Å². The normalized spacial score (nSPS) is 10.8. The van der Waals surface area contributed by atoms with Gasteiger partial charge in [-0.2, -0.15) is 0 Å². The minimum absolute atomic E-state index is 0.0817. The molecule has 0 radical (unpaired) electrons. The number of halogens is 2. The molecule has 3 aromatic rings. The average Bonchev–Trinajstić information content (AvgIpc) is 2.65. The second-order valence-corrected chi connectivity index (χ2v) is 5.59. The van der Waals surface area contributed by atoms with Crippen LogP contribution in [0.5, 0.6) is 11.5 Å². The quantitative estimate of drug-likeness (QED) is 0.220. The van der Waals surface area contributed by atoms with Crippen LogP contribution < -0.4 is 13.9 Å². The number of aromatic nitrogens is 2. The van der Waals surface area contributed by atoms with Crippen molar-refractivity contribution in [3.63, 3.8) is 0 Å². The molecule has 0 fully saturated rings. The molecule has 0 saturated heterocycles. The zero-order valence-corrected chi connectivity index (χ0v) is 14.5. The lowest BCUT2D eigenvalue weighted by Crippen LogP contribution is -2.22. The molecule has 134 valence electrons. The summed E-state index contributed by atoms with van der Waals surface area (Å²) in [5, 5.41) is 12.8. The second-order valence-electron chi connectivity index (χ2n) is 5.05. The molecule has 26 heavy (non-hydrogen) atoms. The molecule has 0 saturated carbocycles. The highest BCUT2D eigenvalue weighted by molar-refractivity contribution is 6.27. The van der Waals surface area contributed by atoms with E-state index in [1.54, 1.807) is 0 Å². The van der Waals surface area contributed by atoms with Crippen LogP contribution >= 0.6 is 23.2 Å². The van der Waals surface area contributed by atoms with Gasteiger partial charge < -0.3 is 19.4 Å². The van der Waals surface area contributed by atoms with Crippen molar-refractivity contribution in [3.05, 3.63) is 46.5 Å². The molecule has 0 atom stereocenters. The first-order chi connectivity index (χ1) is 12.5. The first-order valence-corrected chi connectivity index (χ1v) is 8.28. The van der Waals surface area contributed by atoms with Crippen LogP contribution in [0.15, 0.2) is 36.4 Å². The van der Waals surface area contributed by atoms with E-state index in [-0.39, 0.29) is 33.6 Å². The number of rotatable bonds is 4. The highest BCUT2D eigenvalue weighted by atomic mass is 35.5. The average molecular weight is 397 g/mol. The van der Waals surface area contributed by atoms with Gasteiger partial charge in [0.2, 0.25) is 5.75 Å². The number of ether oxygens (including phenoxy) is 2. The van der Waals surface area contributed by atoms with Crippen LogP contribution in [-0.4, -0.2) is 28.4 Å². The molecule has 0 bridgehead atoms. The van der Waals surface area contributed by atoms with E-state index in [4.69, 9.17) is 32.7 Å². The molecule has 0 aliphatic rings. The van der Waals surface area contributed by atoms with Crippen molar-refractivity contribution in [2.24, 2.45) is 0 Å². The molecular formula is C16H10Cl2N2O6. The number of para-hydroxylation sites is 2. The predicted octanol–water partition coefficient (Wildman–Crippen LogP) is 2.34. The van der Waals surface area contributed by atoms with E-state index in [0.29, 0.717) is 9.16 Å². The summed E-state index contributed by atoms with van der Waals surface area (Å²) < 4.78 is 10.9. The van der Waals surface area contributed by atoms with E-state index < -0.39 is 23.7 Å². The first kappa shape index (κ1) is 18.0. The van der Waals surface area contributed by atoms with Crippen molar-refractivity contribution in [1.29, 1.82) is 0 Å². The number of carbonyl (C=O) groups excluding carboxylic acids is 2. The number of hydrogen-bond acceptors (Lipinski definition) is 6. The van der Waals surface area contributed by atoms with Crippen LogP contribution in [0.4, 0.5) is 0 Å². The lowest BCUT2D eigenvalue weighted by atomic mass is 10.2. The van der Waals surface area contributed by atoms with E-state index in [9.17, 15) is 19.7 Å². The smallest absolute Gasteiger partial charge is 0.329 e. The maximum atomic E-state index is 12.8. The molecule has 0 amide bonds. The number of nitrogens with zero attached hydrogens (tertiary/aromatic N) is 2. The third-order valence-corrected chi connectivity index (χ3v) is 3.90. The second kappa shape index (κ2) is 7.19. The van der Waals surface area contributed by atoms with Gasteiger partial charge in [-0.1, -0.05) is 12.1 Å². The van der Waals surface area contributed by atoms with Crippen molar-refractivity contribution in [2.75, 3.05) is 11.8 Å². The maximum Gasteiger partial charge on any atom is 0.329 e. The fourth-order valence-electron chi connectivity index (χ4n) is 2.46. The highest BCUT2D eigenvalue weighted by Gasteiger charge is 2.24. The van der Waals surface area contributed by atoms with Crippen molar-refractivity contribution in [2.45, 2.75) is 0 Å². The third-order valence-electron chi connectivity index (χ3n) is 3.46. The van der Waals surface area contributed by atoms with Gasteiger partial charge in [0.25, 0.3) is 5.52 Å². The largest absolute Gasteiger partial charge is 0.805 e. The maximum absolute atomic E-state index is 12.8. The van der Waals surface area contributed by atoms with Crippen molar-refractivity contribution < 1.29 is 23.5 Å². The number of alkyl halides is 2. The summed E-state index contributed by atoms with van der Waals surface area (Å²) in [6.07, 6.45) is 0. The summed E-state index contributed by atoms with van der Waals surface area (Å²) in [6, 6.07) is 8.34. The van der Waals surface area contributed by atoms with Gasteiger partial charge in [-0.05, 0) is 18.2 Å². The number of esters is 2. The standard InChI is InChI=1S/C16H10Cl2N2O6/c17-7-13(21)25-11-5-1-3-9-15(11)20(24)10-4-2-6-12(16(10)19(9)23)26-14(22)8-18/h1-6H,7-8H2. The lowest BCUT2D eigenvalue weighted by molar-refractivity contribution is -0.433. The predicted molar refractivity (Wildman–Crippen MR) is 94.3 cm³/mol. The van der Waals surface area contributed by atoms with Gasteiger partial charge in [0.05, 0.1) is 4.43 Å². The Morgan fingerprint density at radius 3 is 2.23 bits per heavy atom. The van der Waals surface area contributed by atoms with Gasteiger partial charge in [0.1, 0.15) is 17.3 Å². The summed E-state index contributed by atoms with van der Waals surface area (Å²) in [5.41, 5.74) is -0.480. The van der Waals surface area contributed by atoms with Gasteiger partial charge >= 0.3 is 17.5 Å². The Kier molecular flexibility index (Phi) is 4.97. The van der Waals surface area contributed by atoms with Crippen LogP contribution in [0.3, 0.4) is 0 Å². The fourth-order valence-corrected chi connectivity index (χ4v) is 2.57. The van der Waals surface area contributed by atoms with Crippen molar-refractivity contribution in [1.82, 2.24) is 4.73 Å². The van der Waals surface area contributed by atoms with E-state index >= 15 is 0 Å². The van der Waals surface area contributed by atoms with Crippen LogP contribution in [0.2, 0.25) is 0 Å².